The molecule has 0 heterocycles. The fourth-order valence-electron chi connectivity index (χ4n) is 1.72. The van der Waals surface area contributed by atoms with Gasteiger partial charge in [0, 0.05) is 0 Å². The molecule has 1 rings (SSSR count). The molecule has 0 aromatic heterocycles. The van der Waals surface area contributed by atoms with Crippen LogP contribution in [0, 0.1) is 11.7 Å². The van der Waals surface area contributed by atoms with Crippen LogP contribution in [-0.2, 0) is 0 Å². The molecule has 0 radical (unpaired) electrons. The van der Waals surface area contributed by atoms with Crippen molar-refractivity contribution in [3.8, 4) is 0 Å². The second-order valence-electron chi connectivity index (χ2n) is 3.78. The van der Waals surface area contributed by atoms with Gasteiger partial charge >= 0.3 is 0 Å². The van der Waals surface area contributed by atoms with Gasteiger partial charge in [-0.15, -0.1) is 0 Å². The summed E-state index contributed by atoms with van der Waals surface area (Å²) in [5, 5.41) is 0. The fraction of sp³-hybridized carbons (Fsp3) is 0.500. The lowest BCUT2D eigenvalue weighted by Crippen LogP contribution is -2.19. The summed E-state index contributed by atoms with van der Waals surface area (Å²) < 4.78 is 13.0. The molecule has 2 atom stereocenters. The molecular formula is C12H18FN. The van der Waals surface area contributed by atoms with Crippen LogP contribution in [0.15, 0.2) is 24.3 Å². The average molecular weight is 195 g/mol. The van der Waals surface area contributed by atoms with Gasteiger partial charge in [0.2, 0.25) is 0 Å². The van der Waals surface area contributed by atoms with Crippen LogP contribution in [0.3, 0.4) is 0 Å². The van der Waals surface area contributed by atoms with Crippen molar-refractivity contribution in [1.29, 1.82) is 0 Å². The predicted octanol–water partition coefficient (Wildman–Crippen LogP) is 2.91. The van der Waals surface area contributed by atoms with Crippen LogP contribution in [0.2, 0.25) is 0 Å². The molecule has 78 valence electrons. The molecule has 0 fully saturated rings. The zero-order valence-corrected chi connectivity index (χ0v) is 8.83. The molecule has 0 spiro atoms. The van der Waals surface area contributed by atoms with E-state index in [4.69, 9.17) is 5.73 Å². The second-order valence-corrected chi connectivity index (χ2v) is 3.78. The standard InChI is InChI=1S/C12H18FN/c1-3-9(2)12(8-14)10-5-4-6-11(13)7-10/h4-7,9,12H,3,8,14H2,1-2H3. The van der Waals surface area contributed by atoms with Crippen molar-refractivity contribution in [3.63, 3.8) is 0 Å². The first kappa shape index (κ1) is 11.2. The summed E-state index contributed by atoms with van der Waals surface area (Å²) in [5.74, 6) is 0.599. The zero-order valence-electron chi connectivity index (χ0n) is 8.83. The Labute approximate surface area is 85.1 Å². The van der Waals surface area contributed by atoms with Crippen molar-refractivity contribution in [1.82, 2.24) is 0 Å². The topological polar surface area (TPSA) is 26.0 Å². The van der Waals surface area contributed by atoms with Crippen LogP contribution in [0.5, 0.6) is 0 Å². The Morgan fingerprint density at radius 2 is 2.14 bits per heavy atom. The monoisotopic (exact) mass is 195 g/mol. The Balaban J connectivity index is 2.89. The Morgan fingerprint density at radius 1 is 1.43 bits per heavy atom. The third-order valence-electron chi connectivity index (χ3n) is 2.86. The normalized spacial score (nSPS) is 15.1. The van der Waals surface area contributed by atoms with E-state index in [0.29, 0.717) is 12.5 Å². The molecule has 1 aromatic rings. The largest absolute Gasteiger partial charge is 0.330 e. The molecule has 14 heavy (non-hydrogen) atoms. The highest BCUT2D eigenvalue weighted by Crippen LogP contribution is 2.26. The van der Waals surface area contributed by atoms with E-state index in [1.165, 1.54) is 6.07 Å². The minimum atomic E-state index is -0.177. The molecule has 0 saturated heterocycles. The lowest BCUT2D eigenvalue weighted by atomic mass is 9.86. The number of benzene rings is 1. The highest BCUT2D eigenvalue weighted by molar-refractivity contribution is 5.21. The van der Waals surface area contributed by atoms with Crippen LogP contribution in [-0.4, -0.2) is 6.54 Å². The first-order chi connectivity index (χ1) is 6.69. The molecule has 2 unspecified atom stereocenters. The van der Waals surface area contributed by atoms with E-state index in [1.54, 1.807) is 12.1 Å². The second kappa shape index (κ2) is 5.11. The van der Waals surface area contributed by atoms with Gasteiger partial charge in [-0.05, 0) is 36.1 Å². The number of hydrogen-bond donors (Lipinski definition) is 1. The maximum Gasteiger partial charge on any atom is 0.123 e. The van der Waals surface area contributed by atoms with E-state index < -0.39 is 0 Å². The maximum absolute atomic E-state index is 13.0. The first-order valence-corrected chi connectivity index (χ1v) is 5.14. The van der Waals surface area contributed by atoms with E-state index in [2.05, 4.69) is 13.8 Å². The summed E-state index contributed by atoms with van der Waals surface area (Å²) in [6, 6.07) is 6.75. The molecule has 0 aliphatic carbocycles. The van der Waals surface area contributed by atoms with Gasteiger partial charge in [-0.25, -0.2) is 4.39 Å². The van der Waals surface area contributed by atoms with E-state index in [0.717, 1.165) is 12.0 Å². The third kappa shape index (κ3) is 2.55. The number of hydrogen-bond acceptors (Lipinski definition) is 1. The average Bonchev–Trinajstić information content (AvgIpc) is 2.19. The zero-order chi connectivity index (χ0) is 10.6. The van der Waals surface area contributed by atoms with Crippen molar-refractivity contribution < 1.29 is 4.39 Å². The Morgan fingerprint density at radius 3 is 2.64 bits per heavy atom. The van der Waals surface area contributed by atoms with Crippen molar-refractivity contribution in [2.45, 2.75) is 26.2 Å². The van der Waals surface area contributed by atoms with Crippen molar-refractivity contribution >= 4 is 0 Å². The molecule has 0 aliphatic heterocycles. The first-order valence-electron chi connectivity index (χ1n) is 5.14. The smallest absolute Gasteiger partial charge is 0.123 e. The molecule has 0 aliphatic rings. The number of halogens is 1. The van der Waals surface area contributed by atoms with E-state index in [9.17, 15) is 4.39 Å². The Hall–Kier alpha value is -0.890. The minimum Gasteiger partial charge on any atom is -0.330 e. The summed E-state index contributed by atoms with van der Waals surface area (Å²) in [6.45, 7) is 4.87. The summed E-state index contributed by atoms with van der Waals surface area (Å²) in [7, 11) is 0. The molecule has 2 heteroatoms. The molecule has 1 nitrogen and oxygen atoms in total. The van der Waals surface area contributed by atoms with Gasteiger partial charge in [0.05, 0.1) is 0 Å². The molecule has 0 bridgehead atoms. The summed E-state index contributed by atoms with van der Waals surface area (Å²) in [4.78, 5) is 0. The summed E-state index contributed by atoms with van der Waals surface area (Å²) in [6.07, 6.45) is 1.07. The molecule has 0 amide bonds. The van der Waals surface area contributed by atoms with Gasteiger partial charge in [0.1, 0.15) is 5.82 Å². The van der Waals surface area contributed by atoms with E-state index >= 15 is 0 Å². The number of nitrogens with two attached hydrogens (primary N) is 1. The lowest BCUT2D eigenvalue weighted by molar-refractivity contribution is 0.450. The van der Waals surface area contributed by atoms with Gasteiger partial charge in [-0.1, -0.05) is 32.4 Å². The number of rotatable bonds is 4. The van der Waals surface area contributed by atoms with Crippen LogP contribution < -0.4 is 5.73 Å². The Bertz CT molecular complexity index is 285. The van der Waals surface area contributed by atoms with Gasteiger partial charge in [-0.3, -0.25) is 0 Å². The molecular weight excluding hydrogens is 177 g/mol. The summed E-state index contributed by atoms with van der Waals surface area (Å²) >= 11 is 0. The summed E-state index contributed by atoms with van der Waals surface area (Å²) in [5.41, 5.74) is 6.72. The van der Waals surface area contributed by atoms with Gasteiger partial charge in [-0.2, -0.15) is 0 Å². The maximum atomic E-state index is 13.0. The SMILES string of the molecule is CCC(C)C(CN)c1cccc(F)c1. The van der Waals surface area contributed by atoms with Crippen molar-refractivity contribution in [3.05, 3.63) is 35.6 Å². The van der Waals surface area contributed by atoms with E-state index in [-0.39, 0.29) is 11.7 Å². The van der Waals surface area contributed by atoms with Crippen molar-refractivity contribution in [2.24, 2.45) is 11.7 Å². The molecule has 1 aromatic carbocycles. The third-order valence-corrected chi connectivity index (χ3v) is 2.86. The van der Waals surface area contributed by atoms with Crippen LogP contribution >= 0.6 is 0 Å². The highest BCUT2D eigenvalue weighted by Gasteiger charge is 2.16. The van der Waals surface area contributed by atoms with Crippen LogP contribution in [0.25, 0.3) is 0 Å². The quantitative estimate of drug-likeness (QED) is 0.785. The fourth-order valence-corrected chi connectivity index (χ4v) is 1.72. The van der Waals surface area contributed by atoms with Gasteiger partial charge < -0.3 is 5.73 Å². The lowest BCUT2D eigenvalue weighted by Gasteiger charge is -2.21. The van der Waals surface area contributed by atoms with Crippen molar-refractivity contribution in [2.75, 3.05) is 6.54 Å². The highest BCUT2D eigenvalue weighted by atomic mass is 19.1. The van der Waals surface area contributed by atoms with Crippen LogP contribution in [0.4, 0.5) is 4.39 Å². The predicted molar refractivity (Wildman–Crippen MR) is 57.7 cm³/mol. The van der Waals surface area contributed by atoms with E-state index in [1.807, 2.05) is 6.07 Å². The molecule has 2 N–H and O–H groups in total. The van der Waals surface area contributed by atoms with Gasteiger partial charge in [0.25, 0.3) is 0 Å². The van der Waals surface area contributed by atoms with Gasteiger partial charge in [0.15, 0.2) is 0 Å². The minimum absolute atomic E-state index is 0.177. The molecule has 0 saturated carbocycles. The van der Waals surface area contributed by atoms with Crippen LogP contribution in [0.1, 0.15) is 31.7 Å². The Kier molecular flexibility index (Phi) is 4.08.